The molecule has 0 radical (unpaired) electrons. The minimum absolute atomic E-state index is 0.115. The molecule has 0 fully saturated rings. The number of nitrogens with one attached hydrogen (secondary N) is 1. The van der Waals surface area contributed by atoms with Crippen molar-refractivity contribution in [1.82, 2.24) is 5.32 Å². The van der Waals surface area contributed by atoms with Gasteiger partial charge in [-0.2, -0.15) is 0 Å². The average Bonchev–Trinajstić information content (AvgIpc) is 2.65. The molecule has 0 spiro atoms. The highest BCUT2D eigenvalue weighted by Gasteiger charge is 2.18. The van der Waals surface area contributed by atoms with Crippen molar-refractivity contribution in [3.8, 4) is 11.5 Å². The summed E-state index contributed by atoms with van der Waals surface area (Å²) < 4.78 is 11.5. The molecule has 1 N–H and O–H groups in total. The van der Waals surface area contributed by atoms with Crippen molar-refractivity contribution in [3.05, 3.63) is 59.7 Å². The second-order valence-corrected chi connectivity index (χ2v) is 5.92. The first-order chi connectivity index (χ1) is 12.1. The van der Waals surface area contributed by atoms with Crippen LogP contribution in [-0.2, 0) is 11.2 Å². The van der Waals surface area contributed by atoms with Crippen LogP contribution in [0.1, 0.15) is 31.4 Å². The van der Waals surface area contributed by atoms with E-state index in [1.165, 1.54) is 5.56 Å². The van der Waals surface area contributed by atoms with E-state index in [1.54, 1.807) is 0 Å². The van der Waals surface area contributed by atoms with Gasteiger partial charge in [-0.1, -0.05) is 44.2 Å². The Labute approximate surface area is 150 Å². The molecule has 2 aromatic rings. The smallest absolute Gasteiger partial charge is 0.261 e. The van der Waals surface area contributed by atoms with Gasteiger partial charge in [-0.05, 0) is 49.1 Å². The molecular weight excluding hydrogens is 314 g/mol. The summed E-state index contributed by atoms with van der Waals surface area (Å²) in [6.45, 7) is 6.90. The van der Waals surface area contributed by atoms with Gasteiger partial charge in [0.25, 0.3) is 5.91 Å². The Morgan fingerprint density at radius 2 is 1.80 bits per heavy atom. The van der Waals surface area contributed by atoms with Gasteiger partial charge < -0.3 is 14.8 Å². The molecule has 134 valence electrons. The van der Waals surface area contributed by atoms with Gasteiger partial charge in [0.1, 0.15) is 18.1 Å². The minimum atomic E-state index is -0.495. The summed E-state index contributed by atoms with van der Waals surface area (Å²) in [7, 11) is 0. The van der Waals surface area contributed by atoms with Crippen molar-refractivity contribution in [3.63, 3.8) is 0 Å². The SMILES string of the molecule is CCc1ccc(OCCNC(=O)C(CC)Oc2ccccc2C)cc1. The Morgan fingerprint density at radius 1 is 1.08 bits per heavy atom. The minimum Gasteiger partial charge on any atom is -0.492 e. The molecule has 0 aliphatic carbocycles. The number of carbonyl (C=O) groups is 1. The second-order valence-electron chi connectivity index (χ2n) is 5.92. The molecule has 2 aromatic carbocycles. The van der Waals surface area contributed by atoms with E-state index in [9.17, 15) is 4.79 Å². The fourth-order valence-corrected chi connectivity index (χ4v) is 2.44. The molecule has 0 heterocycles. The summed E-state index contributed by atoms with van der Waals surface area (Å²) in [5.74, 6) is 1.45. The van der Waals surface area contributed by atoms with Crippen LogP contribution in [-0.4, -0.2) is 25.2 Å². The van der Waals surface area contributed by atoms with Crippen molar-refractivity contribution in [2.24, 2.45) is 0 Å². The van der Waals surface area contributed by atoms with Crippen LogP contribution < -0.4 is 14.8 Å². The zero-order valence-electron chi connectivity index (χ0n) is 15.2. The zero-order chi connectivity index (χ0) is 18.1. The van der Waals surface area contributed by atoms with Crippen LogP contribution in [0.25, 0.3) is 0 Å². The number of amides is 1. The standard InChI is InChI=1S/C21H27NO3/c1-4-17-10-12-18(13-11-17)24-15-14-22-21(23)19(5-2)25-20-9-7-6-8-16(20)3/h6-13,19H,4-5,14-15H2,1-3H3,(H,22,23). The Morgan fingerprint density at radius 3 is 2.44 bits per heavy atom. The number of aryl methyl sites for hydroxylation is 2. The highest BCUT2D eigenvalue weighted by Crippen LogP contribution is 2.18. The summed E-state index contributed by atoms with van der Waals surface area (Å²) in [5.41, 5.74) is 2.30. The molecule has 25 heavy (non-hydrogen) atoms. The van der Waals surface area contributed by atoms with E-state index in [1.807, 2.05) is 50.2 Å². The van der Waals surface area contributed by atoms with Gasteiger partial charge in [0.2, 0.25) is 0 Å². The molecular formula is C21H27NO3. The molecule has 4 heteroatoms. The van der Waals surface area contributed by atoms with E-state index in [0.29, 0.717) is 19.6 Å². The third-order valence-electron chi connectivity index (χ3n) is 4.03. The average molecular weight is 341 g/mol. The fourth-order valence-electron chi connectivity index (χ4n) is 2.44. The molecule has 1 atom stereocenters. The Hall–Kier alpha value is -2.49. The van der Waals surface area contributed by atoms with E-state index in [-0.39, 0.29) is 5.91 Å². The first-order valence-electron chi connectivity index (χ1n) is 8.85. The first-order valence-corrected chi connectivity index (χ1v) is 8.85. The number of benzene rings is 2. The highest BCUT2D eigenvalue weighted by molar-refractivity contribution is 5.81. The van der Waals surface area contributed by atoms with Crippen LogP contribution in [0.5, 0.6) is 11.5 Å². The van der Waals surface area contributed by atoms with Crippen molar-refractivity contribution >= 4 is 5.91 Å². The van der Waals surface area contributed by atoms with Crippen LogP contribution in [0, 0.1) is 6.92 Å². The third kappa shape index (κ3) is 5.82. The van der Waals surface area contributed by atoms with Crippen molar-refractivity contribution in [1.29, 1.82) is 0 Å². The van der Waals surface area contributed by atoms with Crippen LogP contribution in [0.3, 0.4) is 0 Å². The van der Waals surface area contributed by atoms with Crippen LogP contribution >= 0.6 is 0 Å². The van der Waals surface area contributed by atoms with E-state index in [4.69, 9.17) is 9.47 Å². The van der Waals surface area contributed by atoms with Crippen molar-refractivity contribution in [2.75, 3.05) is 13.2 Å². The normalized spacial score (nSPS) is 11.6. The molecule has 0 aliphatic rings. The molecule has 1 amide bonds. The predicted molar refractivity (Wildman–Crippen MR) is 100 cm³/mol. The summed E-state index contributed by atoms with van der Waals surface area (Å²) in [5, 5.41) is 2.88. The molecule has 0 saturated heterocycles. The topological polar surface area (TPSA) is 47.6 Å². The van der Waals surface area contributed by atoms with E-state index in [0.717, 1.165) is 23.5 Å². The number of carbonyl (C=O) groups excluding carboxylic acids is 1. The molecule has 0 aliphatic heterocycles. The number of hydrogen-bond acceptors (Lipinski definition) is 3. The van der Waals surface area contributed by atoms with Gasteiger partial charge in [0, 0.05) is 0 Å². The number of ether oxygens (including phenoxy) is 2. The third-order valence-corrected chi connectivity index (χ3v) is 4.03. The maximum Gasteiger partial charge on any atom is 0.261 e. The maximum atomic E-state index is 12.3. The Kier molecular flexibility index (Phi) is 7.33. The van der Waals surface area contributed by atoms with Gasteiger partial charge in [-0.25, -0.2) is 0 Å². The number of rotatable bonds is 9. The Balaban J connectivity index is 1.76. The predicted octanol–water partition coefficient (Wildman–Crippen LogP) is 3.91. The monoisotopic (exact) mass is 341 g/mol. The van der Waals surface area contributed by atoms with Crippen LogP contribution in [0.2, 0.25) is 0 Å². The summed E-state index contributed by atoms with van der Waals surface area (Å²) in [4.78, 5) is 12.3. The lowest BCUT2D eigenvalue weighted by Gasteiger charge is -2.18. The largest absolute Gasteiger partial charge is 0.492 e. The van der Waals surface area contributed by atoms with Crippen molar-refractivity contribution in [2.45, 2.75) is 39.7 Å². The first kappa shape index (κ1) is 18.8. The molecule has 0 saturated carbocycles. The van der Waals surface area contributed by atoms with Gasteiger partial charge in [-0.15, -0.1) is 0 Å². The van der Waals surface area contributed by atoms with Gasteiger partial charge in [0.15, 0.2) is 6.10 Å². The van der Waals surface area contributed by atoms with Crippen LogP contribution in [0.15, 0.2) is 48.5 Å². The fraction of sp³-hybridized carbons (Fsp3) is 0.381. The summed E-state index contributed by atoms with van der Waals surface area (Å²) >= 11 is 0. The number of hydrogen-bond donors (Lipinski definition) is 1. The maximum absolute atomic E-state index is 12.3. The lowest BCUT2D eigenvalue weighted by atomic mass is 10.2. The second kappa shape index (κ2) is 9.72. The van der Waals surface area contributed by atoms with E-state index >= 15 is 0 Å². The summed E-state index contributed by atoms with van der Waals surface area (Å²) in [6.07, 6.45) is 1.12. The van der Waals surface area contributed by atoms with Gasteiger partial charge in [-0.3, -0.25) is 4.79 Å². The van der Waals surface area contributed by atoms with Gasteiger partial charge in [0.05, 0.1) is 6.54 Å². The van der Waals surface area contributed by atoms with Crippen LogP contribution in [0.4, 0.5) is 0 Å². The van der Waals surface area contributed by atoms with Gasteiger partial charge >= 0.3 is 0 Å². The van der Waals surface area contributed by atoms with Crippen molar-refractivity contribution < 1.29 is 14.3 Å². The lowest BCUT2D eigenvalue weighted by molar-refractivity contribution is -0.128. The summed E-state index contributed by atoms with van der Waals surface area (Å²) in [6, 6.07) is 15.7. The molecule has 2 rings (SSSR count). The highest BCUT2D eigenvalue weighted by atomic mass is 16.5. The van der Waals surface area contributed by atoms with E-state index < -0.39 is 6.10 Å². The number of para-hydroxylation sites is 1. The molecule has 0 bridgehead atoms. The van der Waals surface area contributed by atoms with E-state index in [2.05, 4.69) is 24.4 Å². The lowest BCUT2D eigenvalue weighted by Crippen LogP contribution is -2.39. The zero-order valence-corrected chi connectivity index (χ0v) is 15.2. The molecule has 4 nitrogen and oxygen atoms in total. The quantitative estimate of drug-likeness (QED) is 0.704. The molecule has 1 unspecified atom stereocenters. The Bertz CT molecular complexity index is 667. The molecule has 0 aromatic heterocycles.